The molecule has 0 aromatic rings. The molecule has 4 heteroatoms. The topological polar surface area (TPSA) is 34.0 Å². The Hall–Kier alpha value is -0.150. The maximum atomic E-state index is 5.59. The van der Waals surface area contributed by atoms with Gasteiger partial charge in [0.05, 0.1) is 6.61 Å². The Bertz CT molecular complexity index is 150. The number of nitrogens with zero attached hydrogens (tertiary/aromatic N) is 2. The van der Waals surface area contributed by atoms with Crippen molar-refractivity contribution in [2.24, 2.45) is 15.6 Å². The van der Waals surface area contributed by atoms with E-state index in [1.807, 2.05) is 0 Å². The van der Waals surface area contributed by atoms with Gasteiger partial charge in [-0.3, -0.25) is 0 Å². The minimum Gasteiger partial charge on any atom is -0.320 e. The van der Waals surface area contributed by atoms with Crippen LogP contribution in [0.5, 0.6) is 0 Å². The maximum absolute atomic E-state index is 5.59. The van der Waals surface area contributed by atoms with Crippen LogP contribution in [0, 0.1) is 5.41 Å². The zero-order valence-corrected chi connectivity index (χ0v) is 7.14. The van der Waals surface area contributed by atoms with E-state index in [-0.39, 0.29) is 5.41 Å². The summed E-state index contributed by atoms with van der Waals surface area (Å²) >= 11 is 5.59. The summed E-state index contributed by atoms with van der Waals surface area (Å²) in [6.07, 6.45) is 0. The van der Waals surface area contributed by atoms with Crippen LogP contribution < -0.4 is 0 Å². The lowest BCUT2D eigenvalue weighted by molar-refractivity contribution is 0.0274. The predicted octanol–water partition coefficient (Wildman–Crippen LogP) is 2.37. The molecule has 3 nitrogen and oxygen atoms in total. The SMILES string of the molecule is CC(C)(C)COC1(Cl)N=N1. The molecule has 0 radical (unpaired) electrons. The second-order valence-corrected chi connectivity index (χ2v) is 4.07. The molecular formula is C6H11ClN2O. The largest absolute Gasteiger partial charge is 0.375 e. The molecule has 1 aliphatic rings. The Balaban J connectivity index is 2.17. The number of hydrogen-bond donors (Lipinski definition) is 0. The van der Waals surface area contributed by atoms with Crippen LogP contribution >= 0.6 is 11.6 Å². The van der Waals surface area contributed by atoms with Crippen LogP contribution in [0.1, 0.15) is 20.8 Å². The van der Waals surface area contributed by atoms with Crippen LogP contribution in [0.4, 0.5) is 0 Å². The average molecular weight is 163 g/mol. The molecule has 0 amide bonds. The maximum Gasteiger partial charge on any atom is 0.375 e. The van der Waals surface area contributed by atoms with Gasteiger partial charge in [-0.15, -0.1) is 10.2 Å². The fourth-order valence-corrected chi connectivity index (χ4v) is 0.498. The third-order valence-corrected chi connectivity index (χ3v) is 1.21. The molecule has 0 N–H and O–H groups in total. The van der Waals surface area contributed by atoms with Gasteiger partial charge in [0.15, 0.2) is 0 Å². The van der Waals surface area contributed by atoms with Gasteiger partial charge in [0.1, 0.15) is 0 Å². The second-order valence-electron chi connectivity index (χ2n) is 3.58. The third-order valence-electron chi connectivity index (χ3n) is 0.946. The fourth-order valence-electron chi connectivity index (χ4n) is 0.405. The highest BCUT2D eigenvalue weighted by molar-refractivity contribution is 6.23. The summed E-state index contributed by atoms with van der Waals surface area (Å²) in [5.74, 6) is 0. The normalized spacial score (nSPS) is 21.2. The monoisotopic (exact) mass is 162 g/mol. The molecule has 58 valence electrons. The highest BCUT2D eigenvalue weighted by Crippen LogP contribution is 2.35. The molecule has 0 bridgehead atoms. The molecule has 0 atom stereocenters. The summed E-state index contributed by atoms with van der Waals surface area (Å²) in [6, 6.07) is 0. The van der Waals surface area contributed by atoms with Gasteiger partial charge in [0.2, 0.25) is 0 Å². The van der Waals surface area contributed by atoms with Gasteiger partial charge >= 0.3 is 5.31 Å². The van der Waals surface area contributed by atoms with Crippen molar-refractivity contribution in [3.63, 3.8) is 0 Å². The molecule has 0 spiro atoms. The number of alkyl halides is 1. The fraction of sp³-hybridized carbons (Fsp3) is 1.00. The van der Waals surface area contributed by atoms with Gasteiger partial charge in [0, 0.05) is 0 Å². The lowest BCUT2D eigenvalue weighted by Crippen LogP contribution is -2.19. The minimum absolute atomic E-state index is 0.121. The van der Waals surface area contributed by atoms with Gasteiger partial charge < -0.3 is 4.74 Å². The molecule has 1 heterocycles. The summed E-state index contributed by atoms with van der Waals surface area (Å²) in [5, 5.41) is 5.99. The lowest BCUT2D eigenvalue weighted by Gasteiger charge is -2.17. The minimum atomic E-state index is -1.02. The number of hydrogen-bond acceptors (Lipinski definition) is 3. The van der Waals surface area contributed by atoms with Crippen molar-refractivity contribution in [3.8, 4) is 0 Å². The van der Waals surface area contributed by atoms with E-state index in [0.29, 0.717) is 6.61 Å². The summed E-state index contributed by atoms with van der Waals surface area (Å²) < 4.78 is 5.14. The highest BCUT2D eigenvalue weighted by atomic mass is 35.5. The van der Waals surface area contributed by atoms with E-state index in [9.17, 15) is 0 Å². The number of rotatable bonds is 2. The second kappa shape index (κ2) is 2.17. The van der Waals surface area contributed by atoms with Gasteiger partial charge in [-0.05, 0) is 17.0 Å². The van der Waals surface area contributed by atoms with Gasteiger partial charge in [0.25, 0.3) is 0 Å². The van der Waals surface area contributed by atoms with E-state index in [0.717, 1.165) is 0 Å². The zero-order valence-electron chi connectivity index (χ0n) is 6.39. The molecule has 1 aliphatic heterocycles. The molecular weight excluding hydrogens is 152 g/mol. The lowest BCUT2D eigenvalue weighted by atomic mass is 9.99. The quantitative estimate of drug-likeness (QED) is 0.453. The molecule has 10 heavy (non-hydrogen) atoms. The molecule has 0 fully saturated rings. The first-order chi connectivity index (χ1) is 4.41. The van der Waals surface area contributed by atoms with E-state index in [1.165, 1.54) is 0 Å². The molecule has 0 saturated carbocycles. The van der Waals surface area contributed by atoms with Crippen molar-refractivity contribution in [2.45, 2.75) is 26.1 Å². The Morgan fingerprint density at radius 3 is 2.20 bits per heavy atom. The number of halogens is 1. The molecule has 0 aliphatic carbocycles. The Labute approximate surface area is 65.4 Å². The molecule has 0 saturated heterocycles. The molecule has 0 aromatic carbocycles. The van der Waals surface area contributed by atoms with Gasteiger partial charge in [-0.25, -0.2) is 0 Å². The van der Waals surface area contributed by atoms with Crippen LogP contribution in [0.15, 0.2) is 10.2 Å². The standard InChI is InChI=1S/C6H11ClN2O/c1-5(2,3)4-10-6(7)8-9-6/h4H2,1-3H3. The van der Waals surface area contributed by atoms with Crippen molar-refractivity contribution in [1.29, 1.82) is 0 Å². The zero-order chi connectivity index (χ0) is 7.83. The van der Waals surface area contributed by atoms with Crippen molar-refractivity contribution < 1.29 is 4.74 Å². The summed E-state index contributed by atoms with van der Waals surface area (Å²) in [7, 11) is 0. The van der Waals surface area contributed by atoms with Crippen molar-refractivity contribution >= 4 is 11.6 Å². The Morgan fingerprint density at radius 1 is 1.40 bits per heavy atom. The van der Waals surface area contributed by atoms with E-state index < -0.39 is 5.31 Å². The first kappa shape index (κ1) is 7.95. The first-order valence-corrected chi connectivity index (χ1v) is 3.56. The summed E-state index contributed by atoms with van der Waals surface area (Å²) in [5.41, 5.74) is 0.121. The van der Waals surface area contributed by atoms with E-state index in [4.69, 9.17) is 16.3 Å². The van der Waals surface area contributed by atoms with Crippen LogP contribution in [-0.2, 0) is 4.74 Å². The third kappa shape index (κ3) is 2.62. The van der Waals surface area contributed by atoms with Crippen molar-refractivity contribution in [2.75, 3.05) is 6.61 Å². The predicted molar refractivity (Wildman–Crippen MR) is 38.8 cm³/mol. The Morgan fingerprint density at radius 2 is 1.90 bits per heavy atom. The average Bonchev–Trinajstić information content (AvgIpc) is 2.43. The molecule has 0 aromatic heterocycles. The molecule has 0 unspecified atom stereocenters. The van der Waals surface area contributed by atoms with Crippen molar-refractivity contribution in [1.82, 2.24) is 0 Å². The van der Waals surface area contributed by atoms with E-state index >= 15 is 0 Å². The first-order valence-electron chi connectivity index (χ1n) is 3.18. The Kier molecular flexibility index (Phi) is 1.73. The van der Waals surface area contributed by atoms with E-state index in [2.05, 4.69) is 31.0 Å². The van der Waals surface area contributed by atoms with Crippen LogP contribution in [0.2, 0.25) is 0 Å². The van der Waals surface area contributed by atoms with Crippen LogP contribution in [0.3, 0.4) is 0 Å². The van der Waals surface area contributed by atoms with Crippen molar-refractivity contribution in [3.05, 3.63) is 0 Å². The van der Waals surface area contributed by atoms with Crippen LogP contribution in [-0.4, -0.2) is 11.9 Å². The molecule has 1 rings (SSSR count). The van der Waals surface area contributed by atoms with Crippen LogP contribution in [0.25, 0.3) is 0 Å². The van der Waals surface area contributed by atoms with Gasteiger partial charge in [-0.1, -0.05) is 20.8 Å². The summed E-state index contributed by atoms with van der Waals surface area (Å²) in [4.78, 5) is 0. The smallest absolute Gasteiger partial charge is 0.320 e. The van der Waals surface area contributed by atoms with E-state index in [1.54, 1.807) is 0 Å². The van der Waals surface area contributed by atoms with Gasteiger partial charge in [-0.2, -0.15) is 0 Å². The summed E-state index contributed by atoms with van der Waals surface area (Å²) in [6.45, 7) is 6.77. The number of ether oxygens (including phenoxy) is 1. The highest BCUT2D eigenvalue weighted by Gasteiger charge is 2.40.